The molecular weight excluding hydrogens is 404 g/mol. The summed E-state index contributed by atoms with van der Waals surface area (Å²) in [4.78, 5) is 23.5. The maximum Gasteiger partial charge on any atom is 0.300 e. The molecule has 0 spiro atoms. The van der Waals surface area contributed by atoms with Gasteiger partial charge in [0.05, 0.1) is 18.1 Å². The highest BCUT2D eigenvalue weighted by Crippen LogP contribution is 2.34. The number of hydroxylamine groups is 1. The quantitative estimate of drug-likeness (QED) is 0.355. The van der Waals surface area contributed by atoms with Crippen LogP contribution < -0.4 is 5.06 Å². The second kappa shape index (κ2) is 8.11. The lowest BCUT2D eigenvalue weighted by Crippen LogP contribution is -2.28. The second-order valence-corrected chi connectivity index (χ2v) is 7.18. The normalized spacial score (nSPS) is 11.2. The summed E-state index contributed by atoms with van der Waals surface area (Å²) < 4.78 is 29.2. The van der Waals surface area contributed by atoms with Crippen LogP contribution >= 0.6 is 0 Å². The fraction of sp³-hybridized carbons (Fsp3) is 0.136. The third-order valence-electron chi connectivity index (χ3n) is 4.83. The smallest absolute Gasteiger partial charge is 0.300 e. The molecule has 0 bridgehead atoms. The van der Waals surface area contributed by atoms with Crippen molar-refractivity contribution in [1.82, 2.24) is 19.5 Å². The molecule has 3 heterocycles. The van der Waals surface area contributed by atoms with Crippen LogP contribution in [0.2, 0.25) is 0 Å². The number of aromatic nitrogens is 4. The van der Waals surface area contributed by atoms with Crippen molar-refractivity contribution in [3.8, 4) is 22.6 Å². The monoisotopic (exact) mass is 423 g/mol. The molecule has 0 radical (unpaired) electrons. The molecule has 7 nitrogen and oxygen atoms in total. The van der Waals surface area contributed by atoms with Crippen LogP contribution in [0.1, 0.15) is 30.4 Å². The van der Waals surface area contributed by atoms with Gasteiger partial charge in [0.15, 0.2) is 11.6 Å². The summed E-state index contributed by atoms with van der Waals surface area (Å²) >= 11 is 0. The van der Waals surface area contributed by atoms with E-state index in [9.17, 15) is 18.8 Å². The summed E-state index contributed by atoms with van der Waals surface area (Å²) in [5.74, 6) is -1.68. The third kappa shape index (κ3) is 3.82. The minimum atomic E-state index is -0.880. The average Bonchev–Trinajstić information content (AvgIpc) is 3.41. The number of anilines is 1. The number of pyridine rings is 1. The zero-order valence-electron chi connectivity index (χ0n) is 16.8. The molecule has 0 unspecified atom stereocenters. The highest BCUT2D eigenvalue weighted by Gasteiger charge is 2.23. The Hall–Kier alpha value is -3.85. The fourth-order valence-electron chi connectivity index (χ4n) is 3.30. The van der Waals surface area contributed by atoms with Gasteiger partial charge in [-0.05, 0) is 43.7 Å². The molecule has 1 amide bonds. The number of benzene rings is 1. The molecule has 1 aromatic carbocycles. The van der Waals surface area contributed by atoms with Crippen molar-refractivity contribution in [1.29, 1.82) is 0 Å². The number of hydrogen-bond acceptors (Lipinski definition) is 4. The van der Waals surface area contributed by atoms with Crippen molar-refractivity contribution in [2.75, 3.05) is 5.06 Å². The second-order valence-electron chi connectivity index (χ2n) is 7.18. The van der Waals surface area contributed by atoms with Crippen LogP contribution in [0.5, 0.6) is 0 Å². The first-order chi connectivity index (χ1) is 14.9. The summed E-state index contributed by atoms with van der Waals surface area (Å²) in [7, 11) is 0. The SMILES string of the molecule is CC(C)n1ccc(-c2ccc(F)cc2)c1-c1ncc(C(=O)N(O)c2ccncc2F)[nH]1. The summed E-state index contributed by atoms with van der Waals surface area (Å²) in [6.45, 7) is 3.99. The lowest BCUT2D eigenvalue weighted by atomic mass is 10.1. The molecule has 0 fully saturated rings. The average molecular weight is 423 g/mol. The van der Waals surface area contributed by atoms with E-state index < -0.39 is 11.7 Å². The molecule has 2 N–H and O–H groups in total. The number of carbonyl (C=O) groups is 1. The molecule has 4 aromatic rings. The Balaban J connectivity index is 1.73. The molecular formula is C22H19F2N5O2. The van der Waals surface area contributed by atoms with Crippen molar-refractivity contribution in [2.24, 2.45) is 0 Å². The number of amides is 1. The van der Waals surface area contributed by atoms with E-state index in [1.165, 1.54) is 30.6 Å². The van der Waals surface area contributed by atoms with Crippen molar-refractivity contribution in [3.05, 3.63) is 78.5 Å². The van der Waals surface area contributed by atoms with Gasteiger partial charge in [-0.2, -0.15) is 5.06 Å². The van der Waals surface area contributed by atoms with Crippen molar-refractivity contribution in [3.63, 3.8) is 0 Å². The number of H-pyrrole nitrogens is 1. The van der Waals surface area contributed by atoms with Crippen molar-refractivity contribution in [2.45, 2.75) is 19.9 Å². The Morgan fingerprint density at radius 3 is 2.55 bits per heavy atom. The molecule has 9 heteroatoms. The first kappa shape index (κ1) is 20.4. The minimum absolute atomic E-state index is 0.0322. The Morgan fingerprint density at radius 1 is 1.13 bits per heavy atom. The highest BCUT2D eigenvalue weighted by molar-refractivity contribution is 6.03. The van der Waals surface area contributed by atoms with E-state index in [0.29, 0.717) is 11.5 Å². The van der Waals surface area contributed by atoms with E-state index >= 15 is 0 Å². The number of aromatic amines is 1. The number of hydrogen-bond donors (Lipinski definition) is 2. The van der Waals surface area contributed by atoms with Crippen LogP contribution in [0.15, 0.2) is 61.2 Å². The molecule has 3 aromatic heterocycles. The molecule has 0 saturated heterocycles. The van der Waals surface area contributed by atoms with E-state index in [1.807, 2.05) is 30.7 Å². The molecule has 0 aliphatic rings. The van der Waals surface area contributed by atoms with Gasteiger partial charge in [-0.15, -0.1) is 0 Å². The van der Waals surface area contributed by atoms with Gasteiger partial charge in [-0.3, -0.25) is 15.0 Å². The van der Waals surface area contributed by atoms with Gasteiger partial charge >= 0.3 is 0 Å². The number of carbonyl (C=O) groups excluding carboxylic acids is 1. The molecule has 0 aliphatic carbocycles. The van der Waals surface area contributed by atoms with Gasteiger partial charge in [0.25, 0.3) is 5.91 Å². The van der Waals surface area contributed by atoms with Crippen molar-refractivity contribution < 1.29 is 18.8 Å². The Bertz CT molecular complexity index is 1230. The summed E-state index contributed by atoms with van der Waals surface area (Å²) in [5, 5.41) is 10.4. The van der Waals surface area contributed by atoms with Crippen LogP contribution in [0, 0.1) is 11.6 Å². The van der Waals surface area contributed by atoms with Crippen LogP contribution in [0.4, 0.5) is 14.5 Å². The maximum atomic E-state index is 13.9. The highest BCUT2D eigenvalue weighted by atomic mass is 19.1. The predicted octanol–water partition coefficient (Wildman–Crippen LogP) is 4.84. The minimum Gasteiger partial charge on any atom is -0.342 e. The fourth-order valence-corrected chi connectivity index (χ4v) is 3.30. The van der Waals surface area contributed by atoms with Gasteiger partial charge in [-0.1, -0.05) is 12.1 Å². The molecule has 0 saturated carbocycles. The Labute approximate surface area is 176 Å². The first-order valence-corrected chi connectivity index (χ1v) is 9.51. The van der Waals surface area contributed by atoms with Crippen LogP contribution in [-0.2, 0) is 0 Å². The van der Waals surface area contributed by atoms with Gasteiger partial charge in [-0.25, -0.2) is 13.8 Å². The van der Waals surface area contributed by atoms with E-state index in [0.717, 1.165) is 17.3 Å². The number of imidazole rings is 1. The topological polar surface area (TPSA) is 87.0 Å². The Kier molecular flexibility index (Phi) is 5.35. The number of nitrogens with one attached hydrogen (secondary N) is 1. The summed E-state index contributed by atoms with van der Waals surface area (Å²) in [6.07, 6.45) is 5.31. The van der Waals surface area contributed by atoms with Gasteiger partial charge < -0.3 is 9.55 Å². The maximum absolute atomic E-state index is 13.9. The molecule has 158 valence electrons. The lowest BCUT2D eigenvalue weighted by Gasteiger charge is -2.15. The van der Waals surface area contributed by atoms with Crippen LogP contribution in [-0.4, -0.2) is 30.6 Å². The van der Waals surface area contributed by atoms with E-state index in [1.54, 1.807) is 12.1 Å². The first-order valence-electron chi connectivity index (χ1n) is 9.51. The summed E-state index contributed by atoms with van der Waals surface area (Å²) in [6, 6.07) is 9.21. The van der Waals surface area contributed by atoms with Crippen molar-refractivity contribution >= 4 is 11.6 Å². The zero-order chi connectivity index (χ0) is 22.1. The van der Waals surface area contributed by atoms with E-state index in [-0.39, 0.29) is 28.3 Å². The van der Waals surface area contributed by atoms with Crippen LogP contribution in [0.3, 0.4) is 0 Å². The molecule has 4 rings (SSSR count). The van der Waals surface area contributed by atoms with E-state index in [2.05, 4.69) is 15.0 Å². The van der Waals surface area contributed by atoms with Gasteiger partial charge in [0, 0.05) is 24.0 Å². The van der Waals surface area contributed by atoms with Gasteiger partial charge in [0.2, 0.25) is 0 Å². The molecule has 31 heavy (non-hydrogen) atoms. The number of halogens is 2. The zero-order valence-corrected chi connectivity index (χ0v) is 16.8. The summed E-state index contributed by atoms with van der Waals surface area (Å²) in [5.41, 5.74) is 1.91. The number of rotatable bonds is 5. The Morgan fingerprint density at radius 2 is 1.87 bits per heavy atom. The van der Waals surface area contributed by atoms with Crippen LogP contribution in [0.25, 0.3) is 22.6 Å². The third-order valence-corrected chi connectivity index (χ3v) is 4.83. The predicted molar refractivity (Wildman–Crippen MR) is 111 cm³/mol. The lowest BCUT2D eigenvalue weighted by molar-refractivity contribution is 0.0847. The molecule has 0 aliphatic heterocycles. The largest absolute Gasteiger partial charge is 0.342 e. The molecule has 0 atom stereocenters. The standard InChI is InChI=1S/C22H19F2N5O2/c1-13(2)28-10-8-16(14-3-5-15(23)6-4-14)20(28)21-26-12-18(27-21)22(30)29(31)19-7-9-25-11-17(19)24/h3-13,31H,1-2H3,(H,26,27). The van der Waals surface area contributed by atoms with Gasteiger partial charge in [0.1, 0.15) is 17.2 Å². The van der Waals surface area contributed by atoms with E-state index in [4.69, 9.17) is 0 Å². The number of nitrogens with zero attached hydrogens (tertiary/aromatic N) is 4.